The first-order valence-electron chi connectivity index (χ1n) is 7.10. The van der Waals surface area contributed by atoms with Crippen LogP contribution in [-0.4, -0.2) is 26.4 Å². The lowest BCUT2D eigenvalue weighted by Gasteiger charge is -2.06. The Morgan fingerprint density at radius 1 is 1.38 bits per heavy atom. The quantitative estimate of drug-likeness (QED) is 0.664. The summed E-state index contributed by atoms with van der Waals surface area (Å²) in [5, 5.41) is 25.2. The van der Waals surface area contributed by atoms with Crippen molar-refractivity contribution in [3.63, 3.8) is 0 Å². The average molecular weight is 376 g/mol. The molecule has 0 aliphatic rings. The molecule has 9 heteroatoms. The minimum Gasteiger partial charge on any atom is -0.316 e. The summed E-state index contributed by atoms with van der Waals surface area (Å²) in [6.07, 6.45) is 0. The maximum atomic E-state index is 12.1. The molecule has 1 amide bonds. The number of carbonyl (C=O) groups excluding carboxylic acids is 1. The molecule has 122 valence electrons. The van der Waals surface area contributed by atoms with Gasteiger partial charge in [0.05, 0.1) is 16.2 Å². The molecule has 0 saturated heterocycles. The second-order valence-corrected chi connectivity index (χ2v) is 7.45. The van der Waals surface area contributed by atoms with Gasteiger partial charge in [-0.1, -0.05) is 17.8 Å². The van der Waals surface area contributed by atoms with Crippen LogP contribution < -0.4 is 5.32 Å². The number of thiophene rings is 2. The highest BCUT2D eigenvalue weighted by Crippen LogP contribution is 2.27. The van der Waals surface area contributed by atoms with Gasteiger partial charge in [-0.2, -0.15) is 5.26 Å². The molecule has 3 rings (SSSR count). The fourth-order valence-corrected chi connectivity index (χ4v) is 4.33. The maximum absolute atomic E-state index is 12.1. The van der Waals surface area contributed by atoms with Gasteiger partial charge in [-0.15, -0.1) is 32.9 Å². The van der Waals surface area contributed by atoms with Gasteiger partial charge in [0.25, 0.3) is 0 Å². The van der Waals surface area contributed by atoms with Crippen molar-refractivity contribution in [3.05, 3.63) is 34.5 Å². The molecule has 0 aromatic carbocycles. The Balaban J connectivity index is 1.67. The molecule has 3 heterocycles. The topological polar surface area (TPSA) is 83.6 Å². The lowest BCUT2D eigenvalue weighted by Crippen LogP contribution is -2.14. The molecule has 0 unspecified atom stereocenters. The van der Waals surface area contributed by atoms with Crippen molar-refractivity contribution in [1.29, 1.82) is 5.26 Å². The smallest absolute Gasteiger partial charge is 0.235 e. The van der Waals surface area contributed by atoms with E-state index in [9.17, 15) is 4.79 Å². The number of hydrogen-bond acceptors (Lipinski definition) is 7. The Morgan fingerprint density at radius 2 is 2.25 bits per heavy atom. The minimum absolute atomic E-state index is 0.165. The zero-order chi connectivity index (χ0) is 16.9. The first-order valence-corrected chi connectivity index (χ1v) is 9.84. The van der Waals surface area contributed by atoms with Crippen LogP contribution in [0.15, 0.2) is 34.1 Å². The number of nitrogens with zero attached hydrogens (tertiary/aromatic N) is 4. The van der Waals surface area contributed by atoms with Crippen LogP contribution in [0.2, 0.25) is 0 Å². The van der Waals surface area contributed by atoms with E-state index in [0.29, 0.717) is 15.7 Å². The van der Waals surface area contributed by atoms with Gasteiger partial charge in [0.1, 0.15) is 11.1 Å². The molecule has 3 aromatic heterocycles. The van der Waals surface area contributed by atoms with Gasteiger partial charge in [-0.25, -0.2) is 0 Å². The molecule has 0 fully saturated rings. The van der Waals surface area contributed by atoms with E-state index in [1.807, 2.05) is 29.0 Å². The van der Waals surface area contributed by atoms with Crippen molar-refractivity contribution < 1.29 is 4.79 Å². The lowest BCUT2D eigenvalue weighted by atomic mass is 10.3. The Kier molecular flexibility index (Phi) is 5.30. The molecule has 0 saturated carbocycles. The molecular formula is C15H13N5OS3. The number of hydrogen-bond donors (Lipinski definition) is 1. The SMILES string of the molecule is CCn1c(SCC(=O)Nc2sccc2C#N)nnc1-c1cccs1. The first kappa shape index (κ1) is 16.7. The second-order valence-electron chi connectivity index (χ2n) is 4.64. The third-order valence-corrected chi connectivity index (χ3v) is 5.81. The van der Waals surface area contributed by atoms with Gasteiger partial charge in [0.2, 0.25) is 5.91 Å². The van der Waals surface area contributed by atoms with E-state index in [4.69, 9.17) is 5.26 Å². The molecule has 0 atom stereocenters. The summed E-state index contributed by atoms with van der Waals surface area (Å²) in [4.78, 5) is 13.2. The summed E-state index contributed by atoms with van der Waals surface area (Å²) < 4.78 is 2.00. The van der Waals surface area contributed by atoms with Crippen LogP contribution in [0.4, 0.5) is 5.00 Å². The highest BCUT2D eigenvalue weighted by molar-refractivity contribution is 7.99. The van der Waals surface area contributed by atoms with Crippen LogP contribution in [0.1, 0.15) is 12.5 Å². The number of thioether (sulfide) groups is 1. The first-order chi connectivity index (χ1) is 11.7. The molecule has 0 aliphatic carbocycles. The average Bonchev–Trinajstić information content (AvgIpc) is 3.32. The highest BCUT2D eigenvalue weighted by atomic mass is 32.2. The summed E-state index contributed by atoms with van der Waals surface area (Å²) in [7, 11) is 0. The van der Waals surface area contributed by atoms with Gasteiger partial charge < -0.3 is 9.88 Å². The second kappa shape index (κ2) is 7.61. The normalized spacial score (nSPS) is 10.5. The zero-order valence-electron chi connectivity index (χ0n) is 12.7. The largest absolute Gasteiger partial charge is 0.316 e. The van der Waals surface area contributed by atoms with Crippen molar-refractivity contribution in [2.24, 2.45) is 0 Å². The monoisotopic (exact) mass is 375 g/mol. The Bertz CT molecular complexity index is 875. The number of nitrogens with one attached hydrogen (secondary N) is 1. The fourth-order valence-electron chi connectivity index (χ4n) is 2.06. The summed E-state index contributed by atoms with van der Waals surface area (Å²) in [6, 6.07) is 7.72. The van der Waals surface area contributed by atoms with E-state index < -0.39 is 0 Å². The van der Waals surface area contributed by atoms with Gasteiger partial charge in [0.15, 0.2) is 11.0 Å². The highest BCUT2D eigenvalue weighted by Gasteiger charge is 2.16. The Hall–Kier alpha value is -2.15. The van der Waals surface area contributed by atoms with Crippen LogP contribution in [0.25, 0.3) is 10.7 Å². The van der Waals surface area contributed by atoms with Crippen LogP contribution in [0.5, 0.6) is 0 Å². The molecule has 0 spiro atoms. The summed E-state index contributed by atoms with van der Waals surface area (Å²) in [5.41, 5.74) is 0.482. The number of carbonyl (C=O) groups is 1. The number of rotatable bonds is 6. The van der Waals surface area contributed by atoms with E-state index in [1.165, 1.54) is 23.1 Å². The molecule has 6 nitrogen and oxygen atoms in total. The van der Waals surface area contributed by atoms with E-state index in [1.54, 1.807) is 22.8 Å². The standard InChI is InChI=1S/C15H13N5OS3/c1-2-20-13(11-4-3-6-22-11)18-19-15(20)24-9-12(21)17-14-10(8-16)5-7-23-14/h3-7H,2,9H2,1H3,(H,17,21). The van der Waals surface area contributed by atoms with Crippen molar-refractivity contribution in [1.82, 2.24) is 14.8 Å². The molecule has 0 bridgehead atoms. The van der Waals surface area contributed by atoms with Crippen LogP contribution in [-0.2, 0) is 11.3 Å². The van der Waals surface area contributed by atoms with E-state index in [2.05, 4.69) is 21.6 Å². The fraction of sp³-hybridized carbons (Fsp3) is 0.200. The van der Waals surface area contributed by atoms with Gasteiger partial charge >= 0.3 is 0 Å². The van der Waals surface area contributed by atoms with Crippen LogP contribution in [0, 0.1) is 11.3 Å². The number of aromatic nitrogens is 3. The molecule has 24 heavy (non-hydrogen) atoms. The van der Waals surface area contributed by atoms with Crippen LogP contribution >= 0.6 is 34.4 Å². The number of anilines is 1. The molecule has 0 radical (unpaired) electrons. The van der Waals surface area contributed by atoms with E-state index in [-0.39, 0.29) is 11.7 Å². The Labute approximate surface area is 151 Å². The summed E-state index contributed by atoms with van der Waals surface area (Å²) in [5.74, 6) is 0.869. The summed E-state index contributed by atoms with van der Waals surface area (Å²) >= 11 is 4.28. The Morgan fingerprint density at radius 3 is 2.96 bits per heavy atom. The summed E-state index contributed by atoms with van der Waals surface area (Å²) in [6.45, 7) is 2.75. The third kappa shape index (κ3) is 3.51. The van der Waals surface area contributed by atoms with E-state index in [0.717, 1.165) is 17.2 Å². The van der Waals surface area contributed by atoms with Gasteiger partial charge in [-0.3, -0.25) is 4.79 Å². The van der Waals surface area contributed by atoms with Crippen molar-refractivity contribution in [2.45, 2.75) is 18.6 Å². The lowest BCUT2D eigenvalue weighted by molar-refractivity contribution is -0.113. The molecule has 0 aliphatic heterocycles. The van der Waals surface area contributed by atoms with Gasteiger partial charge in [0, 0.05) is 6.54 Å². The maximum Gasteiger partial charge on any atom is 0.235 e. The van der Waals surface area contributed by atoms with Crippen LogP contribution in [0.3, 0.4) is 0 Å². The zero-order valence-corrected chi connectivity index (χ0v) is 15.2. The van der Waals surface area contributed by atoms with Crippen molar-refractivity contribution >= 4 is 45.3 Å². The third-order valence-electron chi connectivity index (χ3n) is 3.15. The van der Waals surface area contributed by atoms with Gasteiger partial charge in [-0.05, 0) is 29.8 Å². The van der Waals surface area contributed by atoms with E-state index >= 15 is 0 Å². The molecule has 1 N–H and O–H groups in total. The minimum atomic E-state index is -0.165. The number of nitriles is 1. The predicted molar refractivity (Wildman–Crippen MR) is 97.4 cm³/mol. The number of amides is 1. The predicted octanol–water partition coefficient (Wildman–Crippen LogP) is 3.69. The molecular weight excluding hydrogens is 362 g/mol. The van der Waals surface area contributed by atoms with Crippen molar-refractivity contribution in [3.8, 4) is 16.8 Å². The molecule has 3 aromatic rings. The van der Waals surface area contributed by atoms with Crippen molar-refractivity contribution in [2.75, 3.05) is 11.1 Å².